The molecular formula is C12H19N3. The van der Waals surface area contributed by atoms with Crippen molar-refractivity contribution in [3.63, 3.8) is 0 Å². The summed E-state index contributed by atoms with van der Waals surface area (Å²) in [6, 6.07) is 0. The standard InChI is InChI=1S/C12H19N3/c1-7-12(4,5)13-8-11-9(2)14-15(6)10(11)3/h1,13H,8H2,2-6H3. The molecule has 0 atom stereocenters. The number of nitrogens with one attached hydrogen (secondary N) is 1. The Morgan fingerprint density at radius 2 is 2.07 bits per heavy atom. The van der Waals surface area contributed by atoms with Gasteiger partial charge in [-0.05, 0) is 27.7 Å². The molecule has 0 unspecified atom stereocenters. The van der Waals surface area contributed by atoms with Crippen LogP contribution in [0.5, 0.6) is 0 Å². The Hall–Kier alpha value is -1.27. The minimum Gasteiger partial charge on any atom is -0.297 e. The molecular weight excluding hydrogens is 186 g/mol. The number of aryl methyl sites for hydroxylation is 2. The lowest BCUT2D eigenvalue weighted by atomic mass is 10.1. The zero-order chi connectivity index (χ0) is 11.6. The normalized spacial score (nSPS) is 11.5. The maximum absolute atomic E-state index is 5.42. The smallest absolute Gasteiger partial charge is 0.0743 e. The van der Waals surface area contributed by atoms with E-state index in [4.69, 9.17) is 6.42 Å². The summed E-state index contributed by atoms with van der Waals surface area (Å²) in [6.45, 7) is 8.84. The summed E-state index contributed by atoms with van der Waals surface area (Å²) < 4.78 is 1.90. The van der Waals surface area contributed by atoms with Crippen molar-refractivity contribution >= 4 is 0 Å². The van der Waals surface area contributed by atoms with Crippen molar-refractivity contribution in [3.8, 4) is 12.3 Å². The van der Waals surface area contributed by atoms with Crippen molar-refractivity contribution in [2.45, 2.75) is 39.8 Å². The molecule has 3 heteroatoms. The lowest BCUT2D eigenvalue weighted by Crippen LogP contribution is -2.37. The highest BCUT2D eigenvalue weighted by Gasteiger charge is 2.15. The largest absolute Gasteiger partial charge is 0.297 e. The van der Waals surface area contributed by atoms with E-state index >= 15 is 0 Å². The Kier molecular flexibility index (Phi) is 3.21. The van der Waals surface area contributed by atoms with E-state index in [0.717, 1.165) is 12.2 Å². The van der Waals surface area contributed by atoms with Crippen LogP contribution in [0.1, 0.15) is 30.8 Å². The van der Waals surface area contributed by atoms with E-state index in [1.54, 1.807) is 0 Å². The van der Waals surface area contributed by atoms with Gasteiger partial charge in [-0.25, -0.2) is 0 Å². The molecule has 82 valence electrons. The highest BCUT2D eigenvalue weighted by Crippen LogP contribution is 2.12. The molecule has 0 radical (unpaired) electrons. The first kappa shape index (κ1) is 11.8. The summed E-state index contributed by atoms with van der Waals surface area (Å²) in [6.07, 6.45) is 5.42. The average molecular weight is 205 g/mol. The monoisotopic (exact) mass is 205 g/mol. The fourth-order valence-electron chi connectivity index (χ4n) is 1.43. The minimum absolute atomic E-state index is 0.269. The molecule has 0 spiro atoms. The van der Waals surface area contributed by atoms with Crippen molar-refractivity contribution in [2.75, 3.05) is 0 Å². The number of nitrogens with zero attached hydrogens (tertiary/aromatic N) is 2. The van der Waals surface area contributed by atoms with Crippen LogP contribution < -0.4 is 5.32 Å². The molecule has 0 aliphatic heterocycles. The number of rotatable bonds is 3. The van der Waals surface area contributed by atoms with Crippen LogP contribution in [0.4, 0.5) is 0 Å². The lowest BCUT2D eigenvalue weighted by molar-refractivity contribution is 0.489. The van der Waals surface area contributed by atoms with Crippen LogP contribution in [0.2, 0.25) is 0 Å². The molecule has 0 aromatic carbocycles. The molecule has 0 saturated heterocycles. The van der Waals surface area contributed by atoms with Crippen LogP contribution >= 0.6 is 0 Å². The van der Waals surface area contributed by atoms with E-state index in [1.807, 2.05) is 32.5 Å². The Morgan fingerprint density at radius 1 is 1.47 bits per heavy atom. The first-order chi connectivity index (χ1) is 6.87. The van der Waals surface area contributed by atoms with E-state index in [2.05, 4.69) is 23.3 Å². The van der Waals surface area contributed by atoms with Crippen molar-refractivity contribution in [1.29, 1.82) is 0 Å². The Balaban J connectivity index is 2.79. The van der Waals surface area contributed by atoms with Gasteiger partial charge in [-0.3, -0.25) is 10.00 Å². The van der Waals surface area contributed by atoms with Crippen LogP contribution in [0.25, 0.3) is 0 Å². The van der Waals surface area contributed by atoms with Crippen molar-refractivity contribution in [1.82, 2.24) is 15.1 Å². The second-order valence-corrected chi connectivity index (χ2v) is 4.40. The van der Waals surface area contributed by atoms with Crippen molar-refractivity contribution in [3.05, 3.63) is 17.0 Å². The van der Waals surface area contributed by atoms with E-state index in [1.165, 1.54) is 11.3 Å². The highest BCUT2D eigenvalue weighted by molar-refractivity contribution is 5.24. The molecule has 0 aliphatic rings. The fourth-order valence-corrected chi connectivity index (χ4v) is 1.43. The second-order valence-electron chi connectivity index (χ2n) is 4.40. The third-order valence-electron chi connectivity index (χ3n) is 2.73. The van der Waals surface area contributed by atoms with E-state index in [-0.39, 0.29) is 5.54 Å². The lowest BCUT2D eigenvalue weighted by Gasteiger charge is -2.19. The summed E-state index contributed by atoms with van der Waals surface area (Å²) in [5, 5.41) is 7.69. The zero-order valence-electron chi connectivity index (χ0n) is 10.2. The van der Waals surface area contributed by atoms with E-state index < -0.39 is 0 Å². The molecule has 0 fully saturated rings. The van der Waals surface area contributed by atoms with Gasteiger partial charge in [0.05, 0.1) is 11.2 Å². The second kappa shape index (κ2) is 4.08. The Bertz CT molecular complexity index is 394. The maximum Gasteiger partial charge on any atom is 0.0743 e. The number of hydrogen-bond acceptors (Lipinski definition) is 2. The van der Waals surface area contributed by atoms with Crippen LogP contribution in [0.15, 0.2) is 0 Å². The maximum atomic E-state index is 5.42. The molecule has 1 aromatic rings. The topological polar surface area (TPSA) is 29.9 Å². The summed E-state index contributed by atoms with van der Waals surface area (Å²) in [7, 11) is 1.96. The quantitative estimate of drug-likeness (QED) is 0.759. The van der Waals surface area contributed by atoms with Crippen LogP contribution in [-0.4, -0.2) is 15.3 Å². The van der Waals surface area contributed by atoms with Gasteiger partial charge in [0.1, 0.15) is 0 Å². The molecule has 0 saturated carbocycles. The molecule has 15 heavy (non-hydrogen) atoms. The third kappa shape index (κ3) is 2.60. The highest BCUT2D eigenvalue weighted by atomic mass is 15.3. The van der Waals surface area contributed by atoms with Gasteiger partial charge in [-0.15, -0.1) is 6.42 Å². The molecule has 0 aliphatic carbocycles. The Labute approximate surface area is 91.9 Å². The van der Waals surface area contributed by atoms with Gasteiger partial charge in [0.15, 0.2) is 0 Å². The number of hydrogen-bond donors (Lipinski definition) is 1. The Morgan fingerprint density at radius 3 is 2.47 bits per heavy atom. The van der Waals surface area contributed by atoms with Gasteiger partial charge in [-0.2, -0.15) is 5.10 Å². The first-order valence-corrected chi connectivity index (χ1v) is 5.09. The predicted molar refractivity (Wildman–Crippen MR) is 62.4 cm³/mol. The van der Waals surface area contributed by atoms with Gasteiger partial charge in [-0.1, -0.05) is 5.92 Å². The van der Waals surface area contributed by atoms with Gasteiger partial charge in [0, 0.05) is 24.8 Å². The van der Waals surface area contributed by atoms with Gasteiger partial charge in [0.2, 0.25) is 0 Å². The number of aromatic nitrogens is 2. The van der Waals surface area contributed by atoms with E-state index in [0.29, 0.717) is 0 Å². The molecule has 3 nitrogen and oxygen atoms in total. The van der Waals surface area contributed by atoms with E-state index in [9.17, 15) is 0 Å². The van der Waals surface area contributed by atoms with Crippen molar-refractivity contribution in [2.24, 2.45) is 7.05 Å². The molecule has 1 aromatic heterocycles. The summed E-state index contributed by atoms with van der Waals surface area (Å²) >= 11 is 0. The van der Waals surface area contributed by atoms with Crippen LogP contribution in [0.3, 0.4) is 0 Å². The molecule has 1 heterocycles. The zero-order valence-corrected chi connectivity index (χ0v) is 10.2. The predicted octanol–water partition coefficient (Wildman–Crippen LogP) is 1.54. The average Bonchev–Trinajstić information content (AvgIpc) is 2.39. The fraction of sp³-hybridized carbons (Fsp3) is 0.583. The first-order valence-electron chi connectivity index (χ1n) is 5.09. The van der Waals surface area contributed by atoms with Crippen LogP contribution in [0, 0.1) is 26.2 Å². The van der Waals surface area contributed by atoms with Gasteiger partial charge in [0.25, 0.3) is 0 Å². The molecule has 0 bridgehead atoms. The summed E-state index contributed by atoms with van der Waals surface area (Å²) in [4.78, 5) is 0. The summed E-state index contributed by atoms with van der Waals surface area (Å²) in [5.41, 5.74) is 3.22. The van der Waals surface area contributed by atoms with Gasteiger partial charge < -0.3 is 0 Å². The minimum atomic E-state index is -0.269. The molecule has 1 rings (SSSR count). The number of terminal acetylenes is 1. The third-order valence-corrected chi connectivity index (χ3v) is 2.73. The summed E-state index contributed by atoms with van der Waals surface area (Å²) in [5.74, 6) is 2.72. The SMILES string of the molecule is C#CC(C)(C)NCc1c(C)nn(C)c1C. The molecule has 1 N–H and O–H groups in total. The van der Waals surface area contributed by atoms with Crippen molar-refractivity contribution < 1.29 is 0 Å². The van der Waals surface area contributed by atoms with Crippen LogP contribution in [-0.2, 0) is 13.6 Å². The van der Waals surface area contributed by atoms with Gasteiger partial charge >= 0.3 is 0 Å². The molecule has 0 amide bonds.